The second kappa shape index (κ2) is 8.10. The Labute approximate surface area is 169 Å². The Balaban J connectivity index is 1.51. The van der Waals surface area contributed by atoms with Gasteiger partial charge in [0, 0.05) is 23.7 Å². The number of nitrogens with zero attached hydrogens (tertiary/aromatic N) is 3. The van der Waals surface area contributed by atoms with E-state index in [2.05, 4.69) is 10.2 Å². The molecule has 29 heavy (non-hydrogen) atoms. The average Bonchev–Trinajstić information content (AvgIpc) is 3.29. The predicted molar refractivity (Wildman–Crippen MR) is 112 cm³/mol. The van der Waals surface area contributed by atoms with Gasteiger partial charge in [0.25, 0.3) is 5.91 Å². The first-order chi connectivity index (χ1) is 14.1. The van der Waals surface area contributed by atoms with Gasteiger partial charge in [-0.2, -0.15) is 0 Å². The fourth-order valence-corrected chi connectivity index (χ4v) is 3.13. The summed E-state index contributed by atoms with van der Waals surface area (Å²) in [4.78, 5) is 14.6. The van der Waals surface area contributed by atoms with Gasteiger partial charge >= 0.3 is 0 Å². The topological polar surface area (TPSA) is 59.2 Å². The third-order valence-corrected chi connectivity index (χ3v) is 5.01. The third-order valence-electron chi connectivity index (χ3n) is 5.01. The van der Waals surface area contributed by atoms with Crippen LogP contribution in [0.15, 0.2) is 89.3 Å². The molecule has 0 saturated carbocycles. The highest BCUT2D eigenvalue weighted by molar-refractivity contribution is 5.94. The van der Waals surface area contributed by atoms with Gasteiger partial charge in [0.05, 0.1) is 6.04 Å². The van der Waals surface area contributed by atoms with Crippen molar-refractivity contribution in [1.29, 1.82) is 0 Å². The van der Waals surface area contributed by atoms with Crippen molar-refractivity contribution >= 4 is 5.91 Å². The number of aromatic nitrogens is 2. The second-order valence-corrected chi connectivity index (χ2v) is 6.86. The maximum atomic E-state index is 12.9. The van der Waals surface area contributed by atoms with Crippen molar-refractivity contribution in [1.82, 2.24) is 15.1 Å². The van der Waals surface area contributed by atoms with E-state index in [1.165, 1.54) is 0 Å². The van der Waals surface area contributed by atoms with E-state index in [9.17, 15) is 4.79 Å². The van der Waals surface area contributed by atoms with Crippen molar-refractivity contribution in [2.24, 2.45) is 0 Å². The lowest BCUT2D eigenvalue weighted by Crippen LogP contribution is -2.29. The number of amides is 1. The molecule has 0 spiro atoms. The number of rotatable bonds is 5. The number of hydrogen-bond acceptors (Lipinski definition) is 4. The minimum absolute atomic E-state index is 0.0206. The molecule has 0 aliphatic rings. The monoisotopic (exact) mass is 383 g/mol. The highest BCUT2D eigenvalue weighted by Crippen LogP contribution is 2.25. The van der Waals surface area contributed by atoms with E-state index in [0.29, 0.717) is 17.3 Å². The summed E-state index contributed by atoms with van der Waals surface area (Å²) in [5, 5.41) is 8.24. The number of benzene rings is 3. The summed E-state index contributed by atoms with van der Waals surface area (Å²) in [5.74, 6) is 0.856. The Bertz CT molecular complexity index is 1090. The normalized spacial score (nSPS) is 11.8. The van der Waals surface area contributed by atoms with Crippen LogP contribution in [-0.2, 0) is 0 Å². The Morgan fingerprint density at radius 2 is 1.31 bits per heavy atom. The van der Waals surface area contributed by atoms with E-state index in [1.807, 2.05) is 86.8 Å². The molecule has 0 unspecified atom stereocenters. The molecule has 144 valence electrons. The standard InChI is InChI=1S/C24H21N3O2/c1-17(18-9-5-3-6-10-18)27(2)24(28)21-15-13-20(14-16-21)23-26-25-22(29-23)19-11-7-4-8-12-19/h3-17H,1-2H3/t17-/m1/s1. The van der Waals surface area contributed by atoms with Crippen LogP contribution in [0, 0.1) is 0 Å². The van der Waals surface area contributed by atoms with Gasteiger partial charge in [-0.1, -0.05) is 48.5 Å². The summed E-state index contributed by atoms with van der Waals surface area (Å²) in [6.07, 6.45) is 0. The molecule has 1 amide bonds. The van der Waals surface area contributed by atoms with Crippen LogP contribution < -0.4 is 0 Å². The molecule has 3 aromatic carbocycles. The van der Waals surface area contributed by atoms with Crippen LogP contribution in [-0.4, -0.2) is 28.1 Å². The fraction of sp³-hybridized carbons (Fsp3) is 0.125. The maximum absolute atomic E-state index is 12.9. The van der Waals surface area contributed by atoms with E-state index in [-0.39, 0.29) is 11.9 Å². The third kappa shape index (κ3) is 3.94. The van der Waals surface area contributed by atoms with Crippen molar-refractivity contribution in [2.75, 3.05) is 7.05 Å². The van der Waals surface area contributed by atoms with Crippen molar-refractivity contribution in [3.8, 4) is 22.9 Å². The molecule has 5 heteroatoms. The lowest BCUT2D eigenvalue weighted by atomic mass is 10.1. The van der Waals surface area contributed by atoms with Gasteiger partial charge in [0.15, 0.2) is 0 Å². The molecule has 0 bridgehead atoms. The van der Waals surface area contributed by atoms with E-state index in [0.717, 1.165) is 16.7 Å². The van der Waals surface area contributed by atoms with Crippen molar-refractivity contribution in [2.45, 2.75) is 13.0 Å². The van der Waals surface area contributed by atoms with Crippen molar-refractivity contribution in [3.05, 3.63) is 96.1 Å². The highest BCUT2D eigenvalue weighted by Gasteiger charge is 2.19. The second-order valence-electron chi connectivity index (χ2n) is 6.86. The molecule has 0 N–H and O–H groups in total. The van der Waals surface area contributed by atoms with Gasteiger partial charge in [-0.3, -0.25) is 4.79 Å². The fourth-order valence-electron chi connectivity index (χ4n) is 3.13. The van der Waals surface area contributed by atoms with Crippen LogP contribution in [0.1, 0.15) is 28.9 Å². The zero-order valence-corrected chi connectivity index (χ0v) is 16.3. The van der Waals surface area contributed by atoms with Gasteiger partial charge in [0.2, 0.25) is 11.8 Å². The first-order valence-corrected chi connectivity index (χ1v) is 9.45. The summed E-state index contributed by atoms with van der Waals surface area (Å²) in [5.41, 5.74) is 3.35. The first kappa shape index (κ1) is 18.6. The molecule has 0 radical (unpaired) electrons. The van der Waals surface area contributed by atoms with Gasteiger partial charge in [-0.25, -0.2) is 0 Å². The minimum Gasteiger partial charge on any atom is -0.416 e. The Kier molecular flexibility index (Phi) is 5.20. The van der Waals surface area contributed by atoms with Gasteiger partial charge in [0.1, 0.15) is 0 Å². The van der Waals surface area contributed by atoms with E-state index in [4.69, 9.17) is 4.42 Å². The molecule has 0 aliphatic carbocycles. The largest absolute Gasteiger partial charge is 0.416 e. The lowest BCUT2D eigenvalue weighted by Gasteiger charge is -2.25. The van der Waals surface area contributed by atoms with Crippen LogP contribution in [0.4, 0.5) is 0 Å². The van der Waals surface area contributed by atoms with Crippen LogP contribution >= 0.6 is 0 Å². The van der Waals surface area contributed by atoms with E-state index >= 15 is 0 Å². The van der Waals surface area contributed by atoms with E-state index < -0.39 is 0 Å². The molecular weight excluding hydrogens is 362 g/mol. The Morgan fingerprint density at radius 1 is 0.793 bits per heavy atom. The molecular formula is C24H21N3O2. The lowest BCUT2D eigenvalue weighted by molar-refractivity contribution is 0.0742. The quantitative estimate of drug-likeness (QED) is 0.473. The summed E-state index contributed by atoms with van der Waals surface area (Å²) < 4.78 is 5.78. The molecule has 1 heterocycles. The molecule has 0 aliphatic heterocycles. The average molecular weight is 383 g/mol. The maximum Gasteiger partial charge on any atom is 0.254 e. The van der Waals surface area contributed by atoms with Gasteiger partial charge in [-0.15, -0.1) is 10.2 Å². The molecule has 0 fully saturated rings. The number of hydrogen-bond donors (Lipinski definition) is 0. The SMILES string of the molecule is C[C@H](c1ccccc1)N(C)C(=O)c1ccc(-c2nnc(-c3ccccc3)o2)cc1. The molecule has 5 nitrogen and oxygen atoms in total. The van der Waals surface area contributed by atoms with Gasteiger partial charge in [-0.05, 0) is 48.9 Å². The summed E-state index contributed by atoms with van der Waals surface area (Å²) >= 11 is 0. The van der Waals surface area contributed by atoms with E-state index in [1.54, 1.807) is 17.0 Å². The minimum atomic E-state index is -0.0385. The van der Waals surface area contributed by atoms with Crippen LogP contribution in [0.5, 0.6) is 0 Å². The van der Waals surface area contributed by atoms with Crippen LogP contribution in [0.25, 0.3) is 22.9 Å². The molecule has 4 rings (SSSR count). The zero-order chi connectivity index (χ0) is 20.2. The van der Waals surface area contributed by atoms with Gasteiger partial charge < -0.3 is 9.32 Å². The highest BCUT2D eigenvalue weighted by atomic mass is 16.4. The molecule has 4 aromatic rings. The summed E-state index contributed by atoms with van der Waals surface area (Å²) in [6, 6.07) is 26.8. The van der Waals surface area contributed by atoms with Crippen molar-refractivity contribution < 1.29 is 9.21 Å². The Hall–Kier alpha value is -3.73. The molecule has 0 saturated heterocycles. The zero-order valence-electron chi connectivity index (χ0n) is 16.3. The van der Waals surface area contributed by atoms with Crippen molar-refractivity contribution in [3.63, 3.8) is 0 Å². The molecule has 1 aromatic heterocycles. The first-order valence-electron chi connectivity index (χ1n) is 9.45. The number of carbonyl (C=O) groups is 1. The Morgan fingerprint density at radius 3 is 1.90 bits per heavy atom. The smallest absolute Gasteiger partial charge is 0.254 e. The summed E-state index contributed by atoms with van der Waals surface area (Å²) in [7, 11) is 1.82. The van der Waals surface area contributed by atoms with Crippen LogP contribution in [0.2, 0.25) is 0 Å². The number of carbonyl (C=O) groups excluding carboxylic acids is 1. The summed E-state index contributed by atoms with van der Waals surface area (Å²) in [6.45, 7) is 2.02. The van der Waals surface area contributed by atoms with Crippen LogP contribution in [0.3, 0.4) is 0 Å². The molecule has 1 atom stereocenters. The predicted octanol–water partition coefficient (Wildman–Crippen LogP) is 5.24.